The summed E-state index contributed by atoms with van der Waals surface area (Å²) < 4.78 is 0. The fraction of sp³-hybridized carbons (Fsp3) is 0.214. The zero-order valence-electron chi connectivity index (χ0n) is 10.7. The Morgan fingerprint density at radius 3 is 2.35 bits per heavy atom. The quantitative estimate of drug-likeness (QED) is 0.568. The first-order valence-electron chi connectivity index (χ1n) is 6.33. The number of nitrogens with one attached hydrogen (secondary N) is 2. The number of carbonyl (C=O) groups excluding carboxylic acids is 3. The largest absolute Gasteiger partial charge is 0.372 e. The maximum Gasteiger partial charge on any atom is 0.328 e. The van der Waals surface area contributed by atoms with Gasteiger partial charge in [0.05, 0.1) is 0 Å². The van der Waals surface area contributed by atoms with Crippen LogP contribution in [-0.2, 0) is 22.6 Å². The number of imide groups is 2. The number of hydrogen-bond acceptors (Lipinski definition) is 4. The van der Waals surface area contributed by atoms with Crippen molar-refractivity contribution in [2.45, 2.75) is 13.0 Å². The van der Waals surface area contributed by atoms with E-state index in [9.17, 15) is 14.4 Å². The highest BCUT2D eigenvalue weighted by molar-refractivity contribution is 6.28. The van der Waals surface area contributed by atoms with Crippen molar-refractivity contribution in [1.29, 1.82) is 0 Å². The molecule has 4 amide bonds. The van der Waals surface area contributed by atoms with Gasteiger partial charge in [-0.1, -0.05) is 24.3 Å². The minimum atomic E-state index is -0.777. The lowest BCUT2D eigenvalue weighted by Crippen LogP contribution is -2.52. The summed E-state index contributed by atoms with van der Waals surface area (Å²) in [4.78, 5) is 36.2. The van der Waals surface area contributed by atoms with E-state index in [1.165, 1.54) is 17.3 Å². The SMILES string of the molecule is O=C1NC(=O)C(=CN2CCc3ccccc3C2)C(=O)N1. The molecular formula is C14H13N3O3. The predicted molar refractivity (Wildman–Crippen MR) is 70.3 cm³/mol. The van der Waals surface area contributed by atoms with Gasteiger partial charge in [0.15, 0.2) is 0 Å². The molecule has 0 radical (unpaired) electrons. The number of urea groups is 1. The highest BCUT2D eigenvalue weighted by Gasteiger charge is 2.29. The van der Waals surface area contributed by atoms with E-state index >= 15 is 0 Å². The molecule has 0 spiro atoms. The Bertz CT molecular complexity index is 614. The Labute approximate surface area is 115 Å². The Hall–Kier alpha value is -2.63. The van der Waals surface area contributed by atoms with Gasteiger partial charge in [-0.3, -0.25) is 20.2 Å². The molecule has 2 heterocycles. The van der Waals surface area contributed by atoms with E-state index in [2.05, 4.69) is 16.7 Å². The summed E-state index contributed by atoms with van der Waals surface area (Å²) in [5, 5.41) is 4.13. The number of nitrogens with zero attached hydrogens (tertiary/aromatic N) is 1. The number of barbiturate groups is 1. The predicted octanol–water partition coefficient (Wildman–Crippen LogP) is 0.295. The fourth-order valence-electron chi connectivity index (χ4n) is 2.40. The van der Waals surface area contributed by atoms with Crippen LogP contribution in [0.25, 0.3) is 0 Å². The molecule has 0 saturated carbocycles. The molecule has 2 aliphatic rings. The zero-order valence-corrected chi connectivity index (χ0v) is 10.7. The smallest absolute Gasteiger partial charge is 0.328 e. The highest BCUT2D eigenvalue weighted by atomic mass is 16.2. The molecule has 1 fully saturated rings. The number of fused-ring (bicyclic) bond motifs is 1. The Morgan fingerprint density at radius 1 is 1.00 bits per heavy atom. The van der Waals surface area contributed by atoms with Gasteiger partial charge < -0.3 is 4.90 Å². The molecular weight excluding hydrogens is 258 g/mol. The first kappa shape index (κ1) is 12.4. The van der Waals surface area contributed by atoms with Crippen LogP contribution in [0.2, 0.25) is 0 Å². The Kier molecular flexibility index (Phi) is 2.98. The van der Waals surface area contributed by atoms with Crippen molar-refractivity contribution >= 4 is 17.8 Å². The standard InChI is InChI=1S/C14H13N3O3/c18-12-11(13(19)16-14(20)15-12)8-17-6-5-9-3-1-2-4-10(9)7-17/h1-4,8H,5-7H2,(H2,15,16,18,19,20). The van der Waals surface area contributed by atoms with Gasteiger partial charge in [-0.15, -0.1) is 0 Å². The van der Waals surface area contributed by atoms with Gasteiger partial charge >= 0.3 is 6.03 Å². The lowest BCUT2D eigenvalue weighted by Gasteiger charge is -2.28. The highest BCUT2D eigenvalue weighted by Crippen LogP contribution is 2.19. The van der Waals surface area contributed by atoms with Crippen molar-refractivity contribution in [1.82, 2.24) is 15.5 Å². The third-order valence-electron chi connectivity index (χ3n) is 3.42. The average molecular weight is 271 g/mol. The molecule has 0 unspecified atom stereocenters. The van der Waals surface area contributed by atoms with Gasteiger partial charge in [0, 0.05) is 19.3 Å². The fourth-order valence-corrected chi connectivity index (χ4v) is 2.40. The molecule has 0 atom stereocenters. The second kappa shape index (κ2) is 4.80. The van der Waals surface area contributed by atoms with E-state index in [4.69, 9.17) is 0 Å². The van der Waals surface area contributed by atoms with E-state index in [1.807, 2.05) is 23.1 Å². The van der Waals surface area contributed by atoms with Crippen molar-refractivity contribution in [3.63, 3.8) is 0 Å². The van der Waals surface area contributed by atoms with Crippen LogP contribution in [0.5, 0.6) is 0 Å². The second-order valence-corrected chi connectivity index (χ2v) is 4.77. The summed E-state index contributed by atoms with van der Waals surface area (Å²) in [6.07, 6.45) is 2.38. The minimum absolute atomic E-state index is 0.0380. The molecule has 20 heavy (non-hydrogen) atoms. The van der Waals surface area contributed by atoms with E-state index in [1.54, 1.807) is 0 Å². The molecule has 1 saturated heterocycles. The van der Waals surface area contributed by atoms with Crippen molar-refractivity contribution < 1.29 is 14.4 Å². The molecule has 6 heteroatoms. The van der Waals surface area contributed by atoms with Crippen LogP contribution in [0.4, 0.5) is 4.79 Å². The number of benzene rings is 1. The van der Waals surface area contributed by atoms with Crippen LogP contribution in [0.3, 0.4) is 0 Å². The minimum Gasteiger partial charge on any atom is -0.372 e. The second-order valence-electron chi connectivity index (χ2n) is 4.77. The Morgan fingerprint density at radius 2 is 1.65 bits per heavy atom. The molecule has 1 aromatic rings. The van der Waals surface area contributed by atoms with E-state index in [-0.39, 0.29) is 5.57 Å². The van der Waals surface area contributed by atoms with Crippen LogP contribution in [0.1, 0.15) is 11.1 Å². The van der Waals surface area contributed by atoms with Crippen molar-refractivity contribution in [3.8, 4) is 0 Å². The normalized spacial score (nSPS) is 18.3. The van der Waals surface area contributed by atoms with Gasteiger partial charge in [0.2, 0.25) is 0 Å². The number of hydrogen-bond donors (Lipinski definition) is 2. The van der Waals surface area contributed by atoms with Crippen LogP contribution >= 0.6 is 0 Å². The molecule has 1 aromatic carbocycles. The summed E-state index contributed by atoms with van der Waals surface area (Å²) in [5.41, 5.74) is 2.43. The van der Waals surface area contributed by atoms with Gasteiger partial charge in [-0.05, 0) is 17.5 Å². The molecule has 0 aliphatic carbocycles. The molecule has 2 N–H and O–H groups in total. The summed E-state index contributed by atoms with van der Waals surface area (Å²) in [5.74, 6) is -1.31. The third kappa shape index (κ3) is 2.27. The summed E-state index contributed by atoms with van der Waals surface area (Å²) in [7, 11) is 0. The van der Waals surface area contributed by atoms with E-state index in [0.29, 0.717) is 6.54 Å². The maximum atomic E-state index is 11.6. The van der Waals surface area contributed by atoms with Gasteiger partial charge in [0.25, 0.3) is 11.8 Å². The number of carbonyl (C=O) groups is 3. The topological polar surface area (TPSA) is 78.5 Å². The first-order valence-corrected chi connectivity index (χ1v) is 6.33. The summed E-state index contributed by atoms with van der Waals surface area (Å²) >= 11 is 0. The van der Waals surface area contributed by atoms with Crippen LogP contribution < -0.4 is 10.6 Å². The van der Waals surface area contributed by atoms with Gasteiger partial charge in [0.1, 0.15) is 5.57 Å². The number of amides is 4. The lowest BCUT2D eigenvalue weighted by atomic mass is 10.00. The first-order chi connectivity index (χ1) is 9.63. The maximum absolute atomic E-state index is 11.6. The average Bonchev–Trinajstić information content (AvgIpc) is 2.42. The molecule has 0 bridgehead atoms. The van der Waals surface area contributed by atoms with Crippen LogP contribution in [0.15, 0.2) is 36.0 Å². The van der Waals surface area contributed by atoms with Crippen LogP contribution in [-0.4, -0.2) is 29.3 Å². The Balaban J connectivity index is 1.82. The lowest BCUT2D eigenvalue weighted by molar-refractivity contribution is -0.124. The van der Waals surface area contributed by atoms with Crippen molar-refractivity contribution in [3.05, 3.63) is 47.2 Å². The number of rotatable bonds is 1. The van der Waals surface area contributed by atoms with Gasteiger partial charge in [-0.25, -0.2) is 4.79 Å². The van der Waals surface area contributed by atoms with Crippen LogP contribution in [0, 0.1) is 0 Å². The molecule has 0 aromatic heterocycles. The summed E-state index contributed by atoms with van der Waals surface area (Å²) in [6.45, 7) is 1.38. The van der Waals surface area contributed by atoms with E-state index < -0.39 is 17.8 Å². The third-order valence-corrected chi connectivity index (χ3v) is 3.42. The van der Waals surface area contributed by atoms with Crippen molar-refractivity contribution in [2.24, 2.45) is 0 Å². The summed E-state index contributed by atoms with van der Waals surface area (Å²) in [6, 6.07) is 7.30. The molecule has 6 nitrogen and oxygen atoms in total. The molecule has 3 rings (SSSR count). The zero-order chi connectivity index (χ0) is 14.1. The monoisotopic (exact) mass is 271 g/mol. The molecule has 102 valence electrons. The van der Waals surface area contributed by atoms with Crippen molar-refractivity contribution in [2.75, 3.05) is 6.54 Å². The molecule has 2 aliphatic heterocycles. The van der Waals surface area contributed by atoms with E-state index in [0.717, 1.165) is 13.0 Å². The van der Waals surface area contributed by atoms with Gasteiger partial charge in [-0.2, -0.15) is 0 Å².